The monoisotopic (exact) mass is 252 g/mol. The van der Waals surface area contributed by atoms with E-state index in [0.29, 0.717) is 6.54 Å². The first-order valence-electron chi connectivity index (χ1n) is 6.11. The molecule has 3 fully saturated rings. The fourth-order valence-corrected chi connectivity index (χ4v) is 2.73. The number of carbonyl (C=O) groups excluding carboxylic acids is 1. The lowest BCUT2D eigenvalue weighted by atomic mass is 9.98. The smallest absolute Gasteiger partial charge is 0.184 e. The third-order valence-electron chi connectivity index (χ3n) is 3.78. The molecular formula is C13H14F2N2O. The van der Waals surface area contributed by atoms with Crippen LogP contribution in [0.4, 0.5) is 8.78 Å². The standard InChI is InChI=1S/C13H14F2N2O/c14-9-1-2-11(15)10(7-9)13(18)12-8-16-3-5-17(12)6-4-16/h1-2,7,12H,3-6,8H2. The largest absolute Gasteiger partial charge is 0.299 e. The van der Waals surface area contributed by atoms with Crippen molar-refractivity contribution >= 4 is 5.78 Å². The molecule has 1 atom stereocenters. The Bertz CT molecular complexity index is 484. The van der Waals surface area contributed by atoms with Gasteiger partial charge in [0.15, 0.2) is 5.78 Å². The van der Waals surface area contributed by atoms with Gasteiger partial charge in [0, 0.05) is 32.7 Å². The molecule has 5 heteroatoms. The summed E-state index contributed by atoms with van der Waals surface area (Å²) in [6, 6.07) is 2.71. The second-order valence-corrected chi connectivity index (χ2v) is 4.84. The number of nitrogens with zero attached hydrogens (tertiary/aromatic N) is 2. The maximum absolute atomic E-state index is 13.6. The maximum atomic E-state index is 13.6. The number of rotatable bonds is 2. The number of halogens is 2. The molecule has 1 aromatic carbocycles. The molecule has 0 amide bonds. The van der Waals surface area contributed by atoms with Gasteiger partial charge in [-0.3, -0.25) is 14.6 Å². The van der Waals surface area contributed by atoms with Crippen LogP contribution in [-0.4, -0.2) is 54.3 Å². The van der Waals surface area contributed by atoms with Crippen LogP contribution in [-0.2, 0) is 0 Å². The van der Waals surface area contributed by atoms with Crippen LogP contribution < -0.4 is 0 Å². The molecule has 1 aromatic rings. The predicted molar refractivity (Wildman–Crippen MR) is 62.5 cm³/mol. The van der Waals surface area contributed by atoms with E-state index in [0.717, 1.165) is 44.4 Å². The molecule has 3 nitrogen and oxygen atoms in total. The molecule has 4 rings (SSSR count). The Kier molecular flexibility index (Phi) is 2.87. The highest BCUT2D eigenvalue weighted by Crippen LogP contribution is 2.21. The third-order valence-corrected chi connectivity index (χ3v) is 3.78. The number of Topliss-reactive ketones (excluding diaryl/α,β-unsaturated/α-hetero) is 1. The Labute approximate surface area is 104 Å². The van der Waals surface area contributed by atoms with Gasteiger partial charge in [-0.15, -0.1) is 0 Å². The summed E-state index contributed by atoms with van der Waals surface area (Å²) in [4.78, 5) is 16.5. The summed E-state index contributed by atoms with van der Waals surface area (Å²) < 4.78 is 26.7. The lowest BCUT2D eigenvalue weighted by Crippen LogP contribution is -2.63. The zero-order valence-corrected chi connectivity index (χ0v) is 9.90. The van der Waals surface area contributed by atoms with E-state index in [1.807, 2.05) is 0 Å². The lowest BCUT2D eigenvalue weighted by molar-refractivity contribution is 0.0157. The molecule has 0 spiro atoms. The van der Waals surface area contributed by atoms with Crippen LogP contribution in [0.25, 0.3) is 0 Å². The average molecular weight is 252 g/mol. The fourth-order valence-electron chi connectivity index (χ4n) is 2.73. The Morgan fingerprint density at radius 2 is 1.89 bits per heavy atom. The number of carbonyl (C=O) groups is 1. The van der Waals surface area contributed by atoms with E-state index in [2.05, 4.69) is 9.80 Å². The van der Waals surface area contributed by atoms with Gasteiger partial charge < -0.3 is 0 Å². The summed E-state index contributed by atoms with van der Waals surface area (Å²) >= 11 is 0. The average Bonchev–Trinajstić information content (AvgIpc) is 2.42. The van der Waals surface area contributed by atoms with E-state index < -0.39 is 11.6 Å². The fraction of sp³-hybridized carbons (Fsp3) is 0.462. The van der Waals surface area contributed by atoms with Gasteiger partial charge in [0.1, 0.15) is 11.6 Å². The molecule has 3 saturated heterocycles. The van der Waals surface area contributed by atoms with Crippen LogP contribution in [0.15, 0.2) is 18.2 Å². The van der Waals surface area contributed by atoms with Crippen molar-refractivity contribution < 1.29 is 13.6 Å². The normalized spacial score (nSPS) is 30.4. The van der Waals surface area contributed by atoms with Gasteiger partial charge in [0.25, 0.3) is 0 Å². The van der Waals surface area contributed by atoms with Crippen molar-refractivity contribution in [2.24, 2.45) is 0 Å². The van der Waals surface area contributed by atoms with Crippen molar-refractivity contribution in [3.05, 3.63) is 35.4 Å². The molecule has 3 aliphatic rings. The van der Waals surface area contributed by atoms with Crippen molar-refractivity contribution in [2.75, 3.05) is 32.7 Å². The Balaban J connectivity index is 1.88. The Morgan fingerprint density at radius 3 is 2.50 bits per heavy atom. The third kappa shape index (κ3) is 1.93. The van der Waals surface area contributed by atoms with Gasteiger partial charge in [-0.2, -0.15) is 0 Å². The minimum Gasteiger partial charge on any atom is -0.299 e. The van der Waals surface area contributed by atoms with Gasteiger partial charge in [0.05, 0.1) is 11.6 Å². The van der Waals surface area contributed by atoms with Crippen LogP contribution in [0.1, 0.15) is 10.4 Å². The highest BCUT2D eigenvalue weighted by Gasteiger charge is 2.37. The summed E-state index contributed by atoms with van der Waals surface area (Å²) in [5, 5.41) is 0. The van der Waals surface area contributed by atoms with Crippen molar-refractivity contribution in [3.8, 4) is 0 Å². The van der Waals surface area contributed by atoms with Crippen molar-refractivity contribution in [1.29, 1.82) is 0 Å². The molecule has 0 radical (unpaired) electrons. The lowest BCUT2D eigenvalue weighted by Gasteiger charge is -2.46. The summed E-state index contributed by atoms with van der Waals surface area (Å²) in [5.74, 6) is -1.52. The SMILES string of the molecule is O=C(c1cc(F)ccc1F)C1CN2CCN1CC2. The van der Waals surface area contributed by atoms with E-state index in [-0.39, 0.29) is 17.4 Å². The molecule has 96 valence electrons. The van der Waals surface area contributed by atoms with E-state index >= 15 is 0 Å². The van der Waals surface area contributed by atoms with Crippen LogP contribution in [0.3, 0.4) is 0 Å². The van der Waals surface area contributed by atoms with E-state index in [1.165, 1.54) is 0 Å². The van der Waals surface area contributed by atoms with Gasteiger partial charge in [-0.1, -0.05) is 0 Å². The van der Waals surface area contributed by atoms with E-state index in [4.69, 9.17) is 0 Å². The zero-order valence-electron chi connectivity index (χ0n) is 9.90. The molecule has 3 aliphatic heterocycles. The van der Waals surface area contributed by atoms with Gasteiger partial charge in [-0.25, -0.2) is 8.78 Å². The first kappa shape index (κ1) is 11.7. The quantitative estimate of drug-likeness (QED) is 0.738. The van der Waals surface area contributed by atoms with Crippen LogP contribution in [0.2, 0.25) is 0 Å². The highest BCUT2D eigenvalue weighted by molar-refractivity contribution is 6.00. The first-order chi connectivity index (χ1) is 8.65. The molecule has 0 saturated carbocycles. The molecule has 0 N–H and O–H groups in total. The predicted octanol–water partition coefficient (Wildman–Crippen LogP) is 1.15. The Morgan fingerprint density at radius 1 is 1.17 bits per heavy atom. The molecule has 0 aliphatic carbocycles. The number of piperazine rings is 3. The highest BCUT2D eigenvalue weighted by atomic mass is 19.1. The van der Waals surface area contributed by atoms with Crippen molar-refractivity contribution in [3.63, 3.8) is 0 Å². The summed E-state index contributed by atoms with van der Waals surface area (Å²) in [6.45, 7) is 4.18. The van der Waals surface area contributed by atoms with Gasteiger partial charge in [0.2, 0.25) is 0 Å². The molecule has 0 aromatic heterocycles. The molecule has 3 heterocycles. The molecule has 2 bridgehead atoms. The van der Waals surface area contributed by atoms with Crippen LogP contribution in [0, 0.1) is 11.6 Å². The van der Waals surface area contributed by atoms with Gasteiger partial charge >= 0.3 is 0 Å². The zero-order chi connectivity index (χ0) is 12.7. The van der Waals surface area contributed by atoms with Crippen LogP contribution >= 0.6 is 0 Å². The van der Waals surface area contributed by atoms with Crippen molar-refractivity contribution in [1.82, 2.24) is 9.80 Å². The van der Waals surface area contributed by atoms with Crippen LogP contribution in [0.5, 0.6) is 0 Å². The summed E-state index contributed by atoms with van der Waals surface area (Å²) in [5.41, 5.74) is -0.131. The number of benzene rings is 1. The van der Waals surface area contributed by atoms with E-state index in [9.17, 15) is 13.6 Å². The summed E-state index contributed by atoms with van der Waals surface area (Å²) in [7, 11) is 0. The number of fused-ring (bicyclic) bond motifs is 3. The number of ketones is 1. The minimum atomic E-state index is -0.640. The molecule has 18 heavy (non-hydrogen) atoms. The second-order valence-electron chi connectivity index (χ2n) is 4.84. The topological polar surface area (TPSA) is 23.6 Å². The minimum absolute atomic E-state index is 0.131. The Hall–Kier alpha value is -1.33. The number of hydrogen-bond donors (Lipinski definition) is 0. The maximum Gasteiger partial charge on any atom is 0.184 e. The second kappa shape index (κ2) is 4.40. The number of hydrogen-bond acceptors (Lipinski definition) is 3. The first-order valence-corrected chi connectivity index (χ1v) is 6.11. The molecular weight excluding hydrogens is 238 g/mol. The van der Waals surface area contributed by atoms with Gasteiger partial charge in [-0.05, 0) is 18.2 Å². The van der Waals surface area contributed by atoms with E-state index in [1.54, 1.807) is 0 Å². The van der Waals surface area contributed by atoms with Crippen molar-refractivity contribution in [2.45, 2.75) is 6.04 Å². The summed E-state index contributed by atoms with van der Waals surface area (Å²) in [6.07, 6.45) is 0. The molecule has 1 unspecified atom stereocenters.